The predicted octanol–water partition coefficient (Wildman–Crippen LogP) is 2.78. The highest BCUT2D eigenvalue weighted by molar-refractivity contribution is 6.32. The first-order valence-corrected chi connectivity index (χ1v) is 7.42. The van der Waals surface area contributed by atoms with Crippen LogP contribution in [0.2, 0.25) is 5.02 Å². The van der Waals surface area contributed by atoms with Crippen LogP contribution in [-0.4, -0.2) is 30.0 Å². The van der Waals surface area contributed by atoms with Crippen molar-refractivity contribution < 1.29 is 4.74 Å². The van der Waals surface area contributed by atoms with E-state index in [4.69, 9.17) is 16.3 Å². The van der Waals surface area contributed by atoms with Gasteiger partial charge in [0, 0.05) is 13.7 Å². The standard InChI is InChI=1S/C14H24ClN3O2/c1-11(2)6-4-5-7-16-12-10-17-18(8-9-20-3)14(19)13(12)15/h10-11,16H,4-9H2,1-3H3. The molecule has 0 aliphatic heterocycles. The molecule has 5 nitrogen and oxygen atoms in total. The number of unbranched alkanes of at least 4 members (excludes halogenated alkanes) is 1. The predicted molar refractivity (Wildman–Crippen MR) is 82.6 cm³/mol. The topological polar surface area (TPSA) is 56.1 Å². The Morgan fingerprint density at radius 2 is 2.20 bits per heavy atom. The minimum absolute atomic E-state index is 0.194. The number of nitrogens with one attached hydrogen (secondary N) is 1. The fourth-order valence-corrected chi connectivity index (χ4v) is 2.04. The van der Waals surface area contributed by atoms with Crippen molar-refractivity contribution in [3.05, 3.63) is 21.6 Å². The summed E-state index contributed by atoms with van der Waals surface area (Å²) in [4.78, 5) is 11.9. The molecule has 0 fully saturated rings. The van der Waals surface area contributed by atoms with Gasteiger partial charge in [0.1, 0.15) is 5.02 Å². The molecule has 0 radical (unpaired) electrons. The van der Waals surface area contributed by atoms with Crippen LogP contribution in [0.3, 0.4) is 0 Å². The number of halogens is 1. The molecule has 0 aliphatic rings. The molecule has 0 amide bonds. The maximum Gasteiger partial charge on any atom is 0.287 e. The molecule has 1 aromatic heterocycles. The monoisotopic (exact) mass is 301 g/mol. The van der Waals surface area contributed by atoms with Crippen molar-refractivity contribution in [1.29, 1.82) is 0 Å². The van der Waals surface area contributed by atoms with Crippen LogP contribution in [0.4, 0.5) is 5.69 Å². The first kappa shape index (κ1) is 17.0. The lowest BCUT2D eigenvalue weighted by Crippen LogP contribution is -2.26. The van der Waals surface area contributed by atoms with Gasteiger partial charge < -0.3 is 10.1 Å². The van der Waals surface area contributed by atoms with Crippen molar-refractivity contribution in [2.45, 2.75) is 39.7 Å². The van der Waals surface area contributed by atoms with Gasteiger partial charge in [0.15, 0.2) is 0 Å². The Labute approximate surface area is 125 Å². The summed E-state index contributed by atoms with van der Waals surface area (Å²) >= 11 is 6.06. The molecule has 0 aromatic carbocycles. The molecule has 0 aliphatic carbocycles. The molecule has 0 spiro atoms. The fourth-order valence-electron chi connectivity index (χ4n) is 1.83. The molecule has 6 heteroatoms. The Morgan fingerprint density at radius 1 is 1.45 bits per heavy atom. The number of rotatable bonds is 9. The van der Waals surface area contributed by atoms with Crippen LogP contribution in [0.5, 0.6) is 0 Å². The average molecular weight is 302 g/mol. The molecule has 0 saturated carbocycles. The summed E-state index contributed by atoms with van der Waals surface area (Å²) in [5.74, 6) is 0.727. The first-order valence-electron chi connectivity index (χ1n) is 7.04. The summed E-state index contributed by atoms with van der Waals surface area (Å²) in [6, 6.07) is 0. The molecular weight excluding hydrogens is 278 g/mol. The third-order valence-electron chi connectivity index (χ3n) is 3.02. The molecule has 0 atom stereocenters. The highest BCUT2D eigenvalue weighted by Gasteiger charge is 2.08. The number of ether oxygens (including phenoxy) is 1. The van der Waals surface area contributed by atoms with Crippen LogP contribution >= 0.6 is 11.6 Å². The van der Waals surface area contributed by atoms with E-state index in [1.54, 1.807) is 13.3 Å². The summed E-state index contributed by atoms with van der Waals surface area (Å²) < 4.78 is 6.24. The molecule has 1 aromatic rings. The smallest absolute Gasteiger partial charge is 0.287 e. The zero-order chi connectivity index (χ0) is 15.0. The van der Waals surface area contributed by atoms with E-state index in [1.807, 2.05) is 0 Å². The summed E-state index contributed by atoms with van der Waals surface area (Å²) in [6.07, 6.45) is 5.04. The average Bonchev–Trinajstić information content (AvgIpc) is 2.41. The summed E-state index contributed by atoms with van der Waals surface area (Å²) in [5, 5.41) is 7.45. The Kier molecular flexibility index (Phi) is 7.62. The first-order chi connectivity index (χ1) is 9.56. The van der Waals surface area contributed by atoms with Gasteiger partial charge in [0.2, 0.25) is 0 Å². The highest BCUT2D eigenvalue weighted by Crippen LogP contribution is 2.15. The number of nitrogens with zero attached hydrogens (tertiary/aromatic N) is 2. The van der Waals surface area contributed by atoms with E-state index in [9.17, 15) is 4.79 Å². The third kappa shape index (κ3) is 5.51. The van der Waals surface area contributed by atoms with Crippen LogP contribution in [-0.2, 0) is 11.3 Å². The van der Waals surface area contributed by atoms with E-state index in [0.717, 1.165) is 18.9 Å². The molecule has 0 bridgehead atoms. The van der Waals surface area contributed by atoms with Crippen molar-refractivity contribution in [2.75, 3.05) is 25.6 Å². The second kappa shape index (κ2) is 8.97. The molecule has 20 heavy (non-hydrogen) atoms. The van der Waals surface area contributed by atoms with Crippen molar-refractivity contribution in [2.24, 2.45) is 5.92 Å². The lowest BCUT2D eigenvalue weighted by molar-refractivity contribution is 0.182. The van der Waals surface area contributed by atoms with Gasteiger partial charge in [0.05, 0.1) is 25.0 Å². The van der Waals surface area contributed by atoms with Crippen molar-refractivity contribution in [3.8, 4) is 0 Å². The second-order valence-corrected chi connectivity index (χ2v) is 5.59. The van der Waals surface area contributed by atoms with E-state index in [-0.39, 0.29) is 10.6 Å². The number of aromatic nitrogens is 2. The van der Waals surface area contributed by atoms with Crippen LogP contribution in [0.15, 0.2) is 11.0 Å². The third-order valence-corrected chi connectivity index (χ3v) is 3.38. The summed E-state index contributed by atoms with van der Waals surface area (Å²) in [5.41, 5.74) is 0.325. The van der Waals surface area contributed by atoms with Crippen LogP contribution in [0.25, 0.3) is 0 Å². The number of anilines is 1. The van der Waals surface area contributed by atoms with Gasteiger partial charge in [-0.3, -0.25) is 4.79 Å². The normalized spacial score (nSPS) is 11.1. The number of methoxy groups -OCH3 is 1. The Balaban J connectivity index is 2.51. The lowest BCUT2D eigenvalue weighted by atomic mass is 10.1. The van der Waals surface area contributed by atoms with Gasteiger partial charge in [-0.2, -0.15) is 5.10 Å². The molecule has 1 rings (SSSR count). The van der Waals surface area contributed by atoms with Gasteiger partial charge in [-0.15, -0.1) is 0 Å². The molecular formula is C14H24ClN3O2. The van der Waals surface area contributed by atoms with Crippen LogP contribution in [0, 0.1) is 5.92 Å². The Morgan fingerprint density at radius 3 is 2.85 bits per heavy atom. The zero-order valence-electron chi connectivity index (χ0n) is 12.5. The molecule has 114 valence electrons. The molecule has 1 N–H and O–H groups in total. The van der Waals surface area contributed by atoms with Gasteiger partial charge in [-0.05, 0) is 12.3 Å². The minimum Gasteiger partial charge on any atom is -0.383 e. The highest BCUT2D eigenvalue weighted by atomic mass is 35.5. The molecule has 1 heterocycles. The van der Waals surface area contributed by atoms with E-state index in [0.29, 0.717) is 18.8 Å². The van der Waals surface area contributed by atoms with E-state index in [2.05, 4.69) is 24.3 Å². The largest absolute Gasteiger partial charge is 0.383 e. The van der Waals surface area contributed by atoms with Gasteiger partial charge in [0.25, 0.3) is 5.56 Å². The van der Waals surface area contributed by atoms with Crippen LogP contribution in [0.1, 0.15) is 33.1 Å². The molecule has 0 unspecified atom stereocenters. The SMILES string of the molecule is COCCn1ncc(NCCCCC(C)C)c(Cl)c1=O. The van der Waals surface area contributed by atoms with Gasteiger partial charge in [-0.1, -0.05) is 38.3 Å². The lowest BCUT2D eigenvalue weighted by Gasteiger charge is -2.10. The Bertz CT molecular complexity index is 460. The maximum absolute atomic E-state index is 11.9. The number of hydrogen-bond acceptors (Lipinski definition) is 4. The second-order valence-electron chi connectivity index (χ2n) is 5.21. The quantitative estimate of drug-likeness (QED) is 0.713. The zero-order valence-corrected chi connectivity index (χ0v) is 13.2. The van der Waals surface area contributed by atoms with Crippen molar-refractivity contribution in [1.82, 2.24) is 9.78 Å². The number of hydrogen-bond donors (Lipinski definition) is 1. The minimum atomic E-state index is -0.282. The Hall–Kier alpha value is -1.07. The fraction of sp³-hybridized carbons (Fsp3) is 0.714. The van der Waals surface area contributed by atoms with Crippen LogP contribution < -0.4 is 10.9 Å². The van der Waals surface area contributed by atoms with E-state index in [1.165, 1.54) is 17.5 Å². The van der Waals surface area contributed by atoms with Gasteiger partial charge in [-0.25, -0.2) is 4.68 Å². The maximum atomic E-state index is 11.9. The molecule has 0 saturated heterocycles. The summed E-state index contributed by atoms with van der Waals surface area (Å²) in [7, 11) is 1.58. The van der Waals surface area contributed by atoms with E-state index < -0.39 is 0 Å². The van der Waals surface area contributed by atoms with Crippen molar-refractivity contribution in [3.63, 3.8) is 0 Å². The summed E-state index contributed by atoms with van der Waals surface area (Å²) in [6.45, 7) is 6.08. The van der Waals surface area contributed by atoms with E-state index >= 15 is 0 Å². The van der Waals surface area contributed by atoms with Gasteiger partial charge >= 0.3 is 0 Å². The van der Waals surface area contributed by atoms with Crippen molar-refractivity contribution >= 4 is 17.3 Å².